The second kappa shape index (κ2) is 6.39. The van der Waals surface area contributed by atoms with Crippen LogP contribution in [0, 0.1) is 0 Å². The maximum Gasteiger partial charge on any atom is 0.417 e. The summed E-state index contributed by atoms with van der Waals surface area (Å²) in [6, 6.07) is 3.82. The lowest BCUT2D eigenvalue weighted by Crippen LogP contribution is -2.15. The van der Waals surface area contributed by atoms with E-state index in [1.54, 1.807) is 6.07 Å². The van der Waals surface area contributed by atoms with Gasteiger partial charge in [0.25, 0.3) is 0 Å². The highest BCUT2D eigenvalue weighted by Gasteiger charge is 2.33. The van der Waals surface area contributed by atoms with Gasteiger partial charge in [-0.2, -0.15) is 13.2 Å². The van der Waals surface area contributed by atoms with Crippen LogP contribution in [0.2, 0.25) is 5.02 Å². The summed E-state index contributed by atoms with van der Waals surface area (Å²) < 4.78 is 38.4. The molecular formula is C14H14ClF3OS. The molecule has 6 heteroatoms. The van der Waals surface area contributed by atoms with E-state index in [0.717, 1.165) is 31.7 Å². The molecule has 1 atom stereocenters. The number of halogens is 4. The highest BCUT2D eigenvalue weighted by atomic mass is 35.5. The molecule has 1 fully saturated rings. The van der Waals surface area contributed by atoms with Crippen LogP contribution in [0.15, 0.2) is 23.1 Å². The van der Waals surface area contributed by atoms with E-state index in [9.17, 15) is 18.0 Å². The molecule has 0 aliphatic heterocycles. The zero-order valence-corrected chi connectivity index (χ0v) is 12.2. The van der Waals surface area contributed by atoms with Crippen molar-refractivity contribution in [3.63, 3.8) is 0 Å². The number of benzene rings is 1. The Labute approximate surface area is 124 Å². The van der Waals surface area contributed by atoms with E-state index in [1.165, 1.54) is 17.8 Å². The predicted octanol–water partition coefficient (Wildman–Crippen LogP) is 5.35. The van der Waals surface area contributed by atoms with E-state index >= 15 is 0 Å². The molecule has 1 unspecified atom stereocenters. The largest absolute Gasteiger partial charge is 0.417 e. The Kier molecular flexibility index (Phi) is 5.02. The first-order valence-corrected chi connectivity index (χ1v) is 7.70. The first-order valence-electron chi connectivity index (χ1n) is 6.44. The van der Waals surface area contributed by atoms with Gasteiger partial charge < -0.3 is 0 Å². The smallest absolute Gasteiger partial charge is 0.298 e. The van der Waals surface area contributed by atoms with Crippen LogP contribution < -0.4 is 0 Å². The van der Waals surface area contributed by atoms with Crippen LogP contribution in [0.5, 0.6) is 0 Å². The molecule has 1 aliphatic rings. The summed E-state index contributed by atoms with van der Waals surface area (Å²) in [5, 5.41) is -0.547. The number of rotatable bonds is 2. The number of carbonyl (C=O) groups excluding carboxylic acids is 1. The molecule has 0 saturated heterocycles. The molecule has 0 amide bonds. The van der Waals surface area contributed by atoms with Crippen LogP contribution in [-0.2, 0) is 11.0 Å². The number of alkyl halides is 3. The van der Waals surface area contributed by atoms with E-state index < -0.39 is 11.7 Å². The van der Waals surface area contributed by atoms with Crippen molar-refractivity contribution in [2.45, 2.75) is 48.4 Å². The molecule has 2 rings (SSSR count). The second-order valence-corrected chi connectivity index (χ2v) is 6.49. The lowest BCUT2D eigenvalue weighted by molar-refractivity contribution is -0.137. The Balaban J connectivity index is 2.19. The van der Waals surface area contributed by atoms with E-state index in [1.807, 2.05) is 0 Å². The highest BCUT2D eigenvalue weighted by molar-refractivity contribution is 8.00. The maximum absolute atomic E-state index is 12.8. The molecule has 0 aromatic heterocycles. The average Bonchev–Trinajstić information content (AvgIpc) is 2.56. The Hall–Kier alpha value is -0.680. The van der Waals surface area contributed by atoms with E-state index in [2.05, 4.69) is 0 Å². The van der Waals surface area contributed by atoms with Gasteiger partial charge in [-0.1, -0.05) is 24.4 Å². The van der Waals surface area contributed by atoms with Gasteiger partial charge in [-0.15, -0.1) is 11.8 Å². The van der Waals surface area contributed by atoms with Crippen LogP contribution in [0.1, 0.15) is 37.7 Å². The zero-order chi connectivity index (χ0) is 14.8. The van der Waals surface area contributed by atoms with Gasteiger partial charge in [-0.25, -0.2) is 0 Å². The molecule has 1 nitrogen and oxygen atoms in total. The lowest BCUT2D eigenvalue weighted by atomic mass is 10.2. The topological polar surface area (TPSA) is 17.1 Å². The summed E-state index contributed by atoms with van der Waals surface area (Å²) in [6.07, 6.45) is -0.378. The molecule has 1 aliphatic carbocycles. The number of thioether (sulfide) groups is 1. The van der Waals surface area contributed by atoms with Gasteiger partial charge in [0.05, 0.1) is 15.8 Å². The van der Waals surface area contributed by atoms with Crippen LogP contribution >= 0.6 is 23.4 Å². The minimum absolute atomic E-state index is 0.135. The summed E-state index contributed by atoms with van der Waals surface area (Å²) in [5.41, 5.74) is -0.842. The van der Waals surface area contributed by atoms with Gasteiger partial charge in [-0.3, -0.25) is 4.79 Å². The molecule has 0 heterocycles. The number of hydrogen-bond donors (Lipinski definition) is 0. The normalized spacial score (nSPS) is 20.8. The molecule has 20 heavy (non-hydrogen) atoms. The van der Waals surface area contributed by atoms with Crippen LogP contribution in [-0.4, -0.2) is 11.0 Å². The van der Waals surface area contributed by atoms with Crippen molar-refractivity contribution in [3.05, 3.63) is 28.8 Å². The molecule has 0 spiro atoms. The first kappa shape index (κ1) is 15.7. The number of ketones is 1. The maximum atomic E-state index is 12.8. The van der Waals surface area contributed by atoms with Gasteiger partial charge in [0.15, 0.2) is 0 Å². The summed E-state index contributed by atoms with van der Waals surface area (Å²) in [6.45, 7) is 0. The lowest BCUT2D eigenvalue weighted by Gasteiger charge is -2.15. The molecular weight excluding hydrogens is 309 g/mol. The summed E-state index contributed by atoms with van der Waals surface area (Å²) in [4.78, 5) is 12.3. The fourth-order valence-corrected chi connectivity index (χ4v) is 3.63. The SMILES string of the molecule is O=C1CCCCCC1Sc1ccc(Cl)c(C(F)(F)F)c1. The van der Waals surface area contributed by atoms with Crippen molar-refractivity contribution in [2.75, 3.05) is 0 Å². The summed E-state index contributed by atoms with van der Waals surface area (Å²) >= 11 is 6.80. The molecule has 1 aromatic carbocycles. The van der Waals surface area contributed by atoms with Gasteiger partial charge in [-0.05, 0) is 31.0 Å². The fourth-order valence-electron chi connectivity index (χ4n) is 2.21. The monoisotopic (exact) mass is 322 g/mol. The zero-order valence-electron chi connectivity index (χ0n) is 10.7. The Morgan fingerprint density at radius 2 is 1.95 bits per heavy atom. The Bertz CT molecular complexity index is 502. The van der Waals surface area contributed by atoms with E-state index in [0.29, 0.717) is 11.3 Å². The summed E-state index contributed by atoms with van der Waals surface area (Å²) in [5.74, 6) is 0.135. The minimum Gasteiger partial charge on any atom is -0.298 e. The van der Waals surface area contributed by atoms with Gasteiger partial charge in [0.2, 0.25) is 0 Å². The Morgan fingerprint density at radius 1 is 1.20 bits per heavy atom. The third-order valence-corrected chi connectivity index (χ3v) is 4.91. The predicted molar refractivity (Wildman–Crippen MR) is 74.2 cm³/mol. The van der Waals surface area contributed by atoms with Crippen molar-refractivity contribution < 1.29 is 18.0 Å². The van der Waals surface area contributed by atoms with Gasteiger partial charge in [0.1, 0.15) is 5.78 Å². The van der Waals surface area contributed by atoms with Crippen molar-refractivity contribution in [1.82, 2.24) is 0 Å². The third-order valence-electron chi connectivity index (χ3n) is 3.27. The Morgan fingerprint density at radius 3 is 2.65 bits per heavy atom. The van der Waals surface area contributed by atoms with Crippen molar-refractivity contribution >= 4 is 29.1 Å². The van der Waals surface area contributed by atoms with Crippen molar-refractivity contribution in [1.29, 1.82) is 0 Å². The van der Waals surface area contributed by atoms with Gasteiger partial charge >= 0.3 is 6.18 Å². The van der Waals surface area contributed by atoms with Crippen LogP contribution in [0.4, 0.5) is 13.2 Å². The molecule has 1 saturated carbocycles. The highest BCUT2D eigenvalue weighted by Crippen LogP contribution is 2.39. The van der Waals surface area contributed by atoms with E-state index in [4.69, 9.17) is 11.6 Å². The molecule has 0 N–H and O–H groups in total. The average molecular weight is 323 g/mol. The fraction of sp³-hybridized carbons (Fsp3) is 0.500. The third kappa shape index (κ3) is 3.92. The number of carbonyl (C=O) groups is 1. The van der Waals surface area contributed by atoms with Crippen molar-refractivity contribution in [3.8, 4) is 0 Å². The van der Waals surface area contributed by atoms with Gasteiger partial charge in [0, 0.05) is 11.3 Å². The number of hydrogen-bond acceptors (Lipinski definition) is 2. The quantitative estimate of drug-likeness (QED) is 0.682. The minimum atomic E-state index is -4.47. The first-order chi connectivity index (χ1) is 9.38. The van der Waals surface area contributed by atoms with Crippen molar-refractivity contribution in [2.24, 2.45) is 0 Å². The summed E-state index contributed by atoms with van der Waals surface area (Å²) in [7, 11) is 0. The van der Waals surface area contributed by atoms with E-state index in [-0.39, 0.29) is 16.1 Å². The standard InChI is InChI=1S/C14H14ClF3OS/c15-11-7-6-9(8-10(11)14(16,17)18)20-13-5-3-1-2-4-12(13)19/h6-8,13H,1-5H2. The second-order valence-electron chi connectivity index (χ2n) is 4.81. The van der Waals surface area contributed by atoms with Crippen LogP contribution in [0.3, 0.4) is 0 Å². The molecule has 0 radical (unpaired) electrons. The number of Topliss-reactive ketones (excluding diaryl/α,β-unsaturated/α-hetero) is 1. The molecule has 110 valence electrons. The molecule has 1 aromatic rings. The molecule has 0 bridgehead atoms. The van der Waals surface area contributed by atoms with Crippen LogP contribution in [0.25, 0.3) is 0 Å².